The molecular weight excluding hydrogens is 417 g/mol. The van der Waals surface area contributed by atoms with Crippen LogP contribution in [0.3, 0.4) is 0 Å². The van der Waals surface area contributed by atoms with Gasteiger partial charge < -0.3 is 10.1 Å². The molecule has 1 amide bonds. The Morgan fingerprint density at radius 1 is 1.10 bits per heavy atom. The summed E-state index contributed by atoms with van der Waals surface area (Å²) in [6, 6.07) is 17.4. The van der Waals surface area contributed by atoms with E-state index < -0.39 is 0 Å². The van der Waals surface area contributed by atoms with E-state index in [2.05, 4.69) is 20.6 Å². The van der Waals surface area contributed by atoms with E-state index in [0.717, 1.165) is 16.9 Å². The van der Waals surface area contributed by atoms with Crippen LogP contribution in [0.15, 0.2) is 65.8 Å². The molecule has 7 nitrogen and oxygen atoms in total. The first-order valence-electron chi connectivity index (χ1n) is 9.64. The second kappa shape index (κ2) is 9.57. The molecule has 0 aliphatic carbocycles. The van der Waals surface area contributed by atoms with Crippen LogP contribution in [-0.2, 0) is 11.2 Å². The largest absolute Gasteiger partial charge is 0.496 e. The van der Waals surface area contributed by atoms with Crippen molar-refractivity contribution in [2.24, 2.45) is 0 Å². The number of hydrogen-bond acceptors (Lipinski definition) is 6. The van der Waals surface area contributed by atoms with Crippen molar-refractivity contribution in [2.75, 3.05) is 19.4 Å². The highest BCUT2D eigenvalue weighted by Gasteiger charge is 2.12. The minimum Gasteiger partial charge on any atom is -0.496 e. The van der Waals surface area contributed by atoms with Gasteiger partial charge in [0.1, 0.15) is 11.6 Å². The van der Waals surface area contributed by atoms with Crippen molar-refractivity contribution in [1.29, 1.82) is 0 Å². The number of rotatable bonds is 8. The molecule has 9 heteroatoms. The smallest absolute Gasteiger partial charge is 0.230 e. The molecule has 0 aliphatic heterocycles. The van der Waals surface area contributed by atoms with Crippen molar-refractivity contribution in [3.8, 4) is 17.0 Å². The van der Waals surface area contributed by atoms with E-state index >= 15 is 0 Å². The zero-order chi connectivity index (χ0) is 21.6. The molecule has 0 bridgehead atoms. The predicted octanol–water partition coefficient (Wildman–Crippen LogP) is 3.39. The number of thioether (sulfide) groups is 1. The van der Waals surface area contributed by atoms with Gasteiger partial charge in [-0.25, -0.2) is 4.39 Å². The number of fused-ring (bicyclic) bond motifs is 1. The lowest BCUT2D eigenvalue weighted by atomic mass is 10.1. The summed E-state index contributed by atoms with van der Waals surface area (Å²) < 4.78 is 20.1. The third-order valence-electron chi connectivity index (χ3n) is 4.62. The van der Waals surface area contributed by atoms with Gasteiger partial charge in [-0.15, -0.1) is 10.2 Å². The highest BCUT2D eigenvalue weighted by molar-refractivity contribution is 7.99. The standard InChI is InChI=1S/C22H20FN5O2S/c1-30-19-5-3-2-4-16(19)12-13-24-21(29)14-31-22-26-25-20-11-10-18(27-28(20)22)15-6-8-17(23)9-7-15/h2-11H,12-14H2,1H3,(H,24,29). The minimum atomic E-state index is -0.304. The number of ether oxygens (including phenoxy) is 1. The number of carbonyl (C=O) groups excluding carboxylic acids is 1. The minimum absolute atomic E-state index is 0.105. The fourth-order valence-corrected chi connectivity index (χ4v) is 3.78. The Bertz CT molecular complexity index is 1200. The van der Waals surface area contributed by atoms with Crippen molar-refractivity contribution in [1.82, 2.24) is 25.1 Å². The van der Waals surface area contributed by atoms with Crippen molar-refractivity contribution in [3.63, 3.8) is 0 Å². The monoisotopic (exact) mass is 437 g/mol. The van der Waals surface area contributed by atoms with Crippen LogP contribution in [0.1, 0.15) is 5.56 Å². The van der Waals surface area contributed by atoms with E-state index in [1.165, 1.54) is 23.9 Å². The Morgan fingerprint density at radius 2 is 1.90 bits per heavy atom. The van der Waals surface area contributed by atoms with Gasteiger partial charge in [-0.1, -0.05) is 30.0 Å². The number of methoxy groups -OCH3 is 1. The molecule has 0 saturated carbocycles. The van der Waals surface area contributed by atoms with E-state index in [4.69, 9.17) is 4.74 Å². The van der Waals surface area contributed by atoms with Crippen LogP contribution in [0.2, 0.25) is 0 Å². The molecule has 2 aromatic heterocycles. The van der Waals surface area contributed by atoms with Crippen LogP contribution in [0.25, 0.3) is 16.9 Å². The first-order chi connectivity index (χ1) is 15.1. The number of halogens is 1. The van der Waals surface area contributed by atoms with Gasteiger partial charge in [-0.3, -0.25) is 4.79 Å². The molecule has 1 N–H and O–H groups in total. The van der Waals surface area contributed by atoms with Gasteiger partial charge in [-0.2, -0.15) is 9.61 Å². The van der Waals surface area contributed by atoms with Gasteiger partial charge >= 0.3 is 0 Å². The van der Waals surface area contributed by atoms with Crippen molar-refractivity contribution >= 4 is 23.3 Å². The van der Waals surface area contributed by atoms with Crippen molar-refractivity contribution < 1.29 is 13.9 Å². The molecule has 0 saturated heterocycles. The number of nitrogens with one attached hydrogen (secondary N) is 1. The quantitative estimate of drug-likeness (QED) is 0.426. The lowest BCUT2D eigenvalue weighted by Gasteiger charge is -2.09. The SMILES string of the molecule is COc1ccccc1CCNC(=O)CSc1nnc2ccc(-c3ccc(F)cc3)nn12. The number of aromatic nitrogens is 4. The lowest BCUT2D eigenvalue weighted by molar-refractivity contribution is -0.118. The van der Waals surface area contributed by atoms with E-state index in [9.17, 15) is 9.18 Å². The molecule has 0 radical (unpaired) electrons. The molecule has 4 aromatic rings. The zero-order valence-corrected chi connectivity index (χ0v) is 17.6. The molecule has 0 atom stereocenters. The second-order valence-electron chi connectivity index (χ2n) is 6.68. The summed E-state index contributed by atoms with van der Waals surface area (Å²) in [7, 11) is 1.63. The summed E-state index contributed by atoms with van der Waals surface area (Å²) in [5, 5.41) is 16.2. The third-order valence-corrected chi connectivity index (χ3v) is 5.53. The Hall–Kier alpha value is -3.46. The van der Waals surface area contributed by atoms with Gasteiger partial charge in [0.2, 0.25) is 11.1 Å². The number of carbonyl (C=O) groups is 1. The third kappa shape index (κ3) is 5.00. The van der Waals surface area contributed by atoms with Crippen molar-refractivity contribution in [2.45, 2.75) is 11.6 Å². The highest BCUT2D eigenvalue weighted by Crippen LogP contribution is 2.21. The highest BCUT2D eigenvalue weighted by atomic mass is 32.2. The van der Waals surface area contributed by atoms with Crippen LogP contribution in [0.4, 0.5) is 4.39 Å². The van der Waals surface area contributed by atoms with Crippen LogP contribution < -0.4 is 10.1 Å². The molecule has 0 unspecified atom stereocenters. The van der Waals surface area contributed by atoms with Gasteiger partial charge in [0, 0.05) is 12.1 Å². The molecule has 4 rings (SSSR count). The Morgan fingerprint density at radius 3 is 2.71 bits per heavy atom. The number of hydrogen-bond donors (Lipinski definition) is 1. The van der Waals surface area contributed by atoms with Gasteiger partial charge in [0.25, 0.3) is 0 Å². The fourth-order valence-electron chi connectivity index (χ4n) is 3.06. The summed E-state index contributed by atoms with van der Waals surface area (Å²) in [4.78, 5) is 12.3. The molecule has 0 aliphatic rings. The molecule has 2 aromatic carbocycles. The van der Waals surface area contributed by atoms with Gasteiger partial charge in [-0.05, 0) is 54.4 Å². The summed E-state index contributed by atoms with van der Waals surface area (Å²) in [6.07, 6.45) is 0.677. The number of para-hydroxylation sites is 1. The average molecular weight is 438 g/mol. The normalized spacial score (nSPS) is 10.9. The Balaban J connectivity index is 1.36. The van der Waals surface area contributed by atoms with Crippen LogP contribution >= 0.6 is 11.8 Å². The Labute approximate surface area is 182 Å². The summed E-state index contributed by atoms with van der Waals surface area (Å²) in [5.74, 6) is 0.590. The van der Waals surface area contributed by atoms with E-state index in [0.29, 0.717) is 29.5 Å². The van der Waals surface area contributed by atoms with Crippen LogP contribution in [0.5, 0.6) is 5.75 Å². The number of nitrogens with zero attached hydrogens (tertiary/aromatic N) is 4. The maximum absolute atomic E-state index is 13.2. The predicted molar refractivity (Wildman–Crippen MR) is 117 cm³/mol. The summed E-state index contributed by atoms with van der Waals surface area (Å²) in [5.41, 5.74) is 3.06. The first kappa shape index (κ1) is 20.8. The van der Waals surface area contributed by atoms with Gasteiger partial charge in [0.05, 0.1) is 18.6 Å². The van der Waals surface area contributed by atoms with E-state index in [1.807, 2.05) is 24.3 Å². The number of benzene rings is 2. The fraction of sp³-hybridized carbons (Fsp3) is 0.182. The van der Waals surface area contributed by atoms with Crippen LogP contribution in [-0.4, -0.2) is 45.1 Å². The maximum Gasteiger partial charge on any atom is 0.230 e. The lowest BCUT2D eigenvalue weighted by Crippen LogP contribution is -2.27. The summed E-state index contributed by atoms with van der Waals surface area (Å²) in [6.45, 7) is 0.507. The Kier molecular flexibility index (Phi) is 6.42. The molecule has 0 spiro atoms. The molecule has 2 heterocycles. The maximum atomic E-state index is 13.2. The van der Waals surface area contributed by atoms with Gasteiger partial charge in [0.15, 0.2) is 5.65 Å². The zero-order valence-electron chi connectivity index (χ0n) is 16.8. The van der Waals surface area contributed by atoms with E-state index in [1.54, 1.807) is 35.9 Å². The first-order valence-corrected chi connectivity index (χ1v) is 10.6. The number of amides is 1. The topological polar surface area (TPSA) is 81.4 Å². The van der Waals surface area contributed by atoms with E-state index in [-0.39, 0.29) is 17.5 Å². The summed E-state index contributed by atoms with van der Waals surface area (Å²) >= 11 is 1.26. The van der Waals surface area contributed by atoms with Crippen molar-refractivity contribution in [3.05, 3.63) is 72.0 Å². The van der Waals surface area contributed by atoms with Crippen LogP contribution in [0, 0.1) is 5.82 Å². The second-order valence-corrected chi connectivity index (χ2v) is 7.62. The average Bonchev–Trinajstić information content (AvgIpc) is 3.21. The molecular formula is C22H20FN5O2S. The molecule has 0 fully saturated rings. The molecule has 158 valence electrons. The molecule has 31 heavy (non-hydrogen) atoms.